The maximum absolute atomic E-state index is 12.9. The summed E-state index contributed by atoms with van der Waals surface area (Å²) < 4.78 is 38.7. The predicted octanol–water partition coefficient (Wildman–Crippen LogP) is 3.88. The molecule has 0 atom stereocenters. The van der Waals surface area contributed by atoms with Crippen molar-refractivity contribution in [2.24, 2.45) is 5.73 Å². The molecule has 2 N–H and O–H groups in total. The molecule has 0 saturated heterocycles. The molecule has 1 aliphatic rings. The third-order valence-electron chi connectivity index (χ3n) is 4.86. The van der Waals surface area contributed by atoms with Gasteiger partial charge in [0.05, 0.1) is 0 Å². The van der Waals surface area contributed by atoms with E-state index in [1.807, 2.05) is 17.0 Å². The standard InChI is InChI=1S/C21H17F3N4O/c22-21(23,24)18-6-1-3-14(27-18)11-13-7-9-26-19(12-13)28-10-8-15-16(20(25)29)4-2-5-17(15)28/h1-7,9,12H,8,10-11H2,(H2,25,29). The molecule has 5 nitrogen and oxygen atoms in total. The Kier molecular flexibility index (Phi) is 4.70. The highest BCUT2D eigenvalue weighted by atomic mass is 19.4. The van der Waals surface area contributed by atoms with Crippen molar-refractivity contribution in [2.45, 2.75) is 19.0 Å². The SMILES string of the molecule is NC(=O)c1cccc2c1CCN2c1cc(Cc2cccc(C(F)(F)F)n2)ccn1. The first-order chi connectivity index (χ1) is 13.8. The molecule has 3 heterocycles. The van der Waals surface area contributed by atoms with Crippen molar-refractivity contribution in [3.63, 3.8) is 0 Å². The lowest BCUT2D eigenvalue weighted by Crippen LogP contribution is -2.15. The van der Waals surface area contributed by atoms with Gasteiger partial charge in [-0.05, 0) is 53.9 Å². The van der Waals surface area contributed by atoms with Crippen LogP contribution in [0.15, 0.2) is 54.7 Å². The molecule has 0 unspecified atom stereocenters. The largest absolute Gasteiger partial charge is 0.433 e. The quantitative estimate of drug-likeness (QED) is 0.724. The summed E-state index contributed by atoms with van der Waals surface area (Å²) >= 11 is 0. The number of benzene rings is 1. The van der Waals surface area contributed by atoms with Crippen LogP contribution in [0.1, 0.15) is 32.9 Å². The van der Waals surface area contributed by atoms with E-state index in [9.17, 15) is 18.0 Å². The van der Waals surface area contributed by atoms with Gasteiger partial charge in [-0.1, -0.05) is 12.1 Å². The molecule has 29 heavy (non-hydrogen) atoms. The molecule has 1 aliphatic heterocycles. The van der Waals surface area contributed by atoms with Crippen molar-refractivity contribution < 1.29 is 18.0 Å². The lowest BCUT2D eigenvalue weighted by Gasteiger charge is -2.19. The van der Waals surface area contributed by atoms with Gasteiger partial charge in [0, 0.05) is 36.1 Å². The minimum absolute atomic E-state index is 0.251. The van der Waals surface area contributed by atoms with Crippen LogP contribution in [0.3, 0.4) is 0 Å². The summed E-state index contributed by atoms with van der Waals surface area (Å²) in [4.78, 5) is 21.8. The molecule has 0 spiro atoms. The minimum Gasteiger partial charge on any atom is -0.366 e. The number of anilines is 2. The van der Waals surface area contributed by atoms with Crippen LogP contribution in [0.2, 0.25) is 0 Å². The van der Waals surface area contributed by atoms with Gasteiger partial charge in [0.15, 0.2) is 0 Å². The zero-order chi connectivity index (χ0) is 20.6. The molecule has 3 aromatic rings. The number of nitrogens with two attached hydrogens (primary N) is 1. The van der Waals surface area contributed by atoms with Gasteiger partial charge in [0.2, 0.25) is 5.91 Å². The highest BCUT2D eigenvalue weighted by Crippen LogP contribution is 2.35. The first-order valence-corrected chi connectivity index (χ1v) is 9.00. The van der Waals surface area contributed by atoms with E-state index < -0.39 is 17.8 Å². The Balaban J connectivity index is 1.62. The Morgan fingerprint density at radius 3 is 2.69 bits per heavy atom. The number of pyridine rings is 2. The van der Waals surface area contributed by atoms with E-state index in [1.54, 1.807) is 30.5 Å². The summed E-state index contributed by atoms with van der Waals surface area (Å²) in [6.07, 6.45) is -1.94. The summed E-state index contributed by atoms with van der Waals surface area (Å²) in [5, 5.41) is 0. The molecule has 8 heteroatoms. The molecular formula is C21H17F3N4O. The van der Waals surface area contributed by atoms with Crippen molar-refractivity contribution >= 4 is 17.4 Å². The van der Waals surface area contributed by atoms with Gasteiger partial charge in [0.1, 0.15) is 11.5 Å². The summed E-state index contributed by atoms with van der Waals surface area (Å²) in [5.74, 6) is 0.191. The molecule has 2 aromatic heterocycles. The van der Waals surface area contributed by atoms with Gasteiger partial charge in [-0.2, -0.15) is 13.2 Å². The molecular weight excluding hydrogens is 381 g/mol. The van der Waals surface area contributed by atoms with Gasteiger partial charge < -0.3 is 10.6 Å². The van der Waals surface area contributed by atoms with Crippen molar-refractivity contribution in [1.82, 2.24) is 9.97 Å². The first kappa shape index (κ1) is 18.9. The summed E-state index contributed by atoms with van der Waals surface area (Å²) in [6.45, 7) is 0.637. The number of aromatic nitrogens is 2. The van der Waals surface area contributed by atoms with Gasteiger partial charge in [-0.3, -0.25) is 4.79 Å². The summed E-state index contributed by atoms with van der Waals surface area (Å²) in [6, 6.07) is 12.8. The van der Waals surface area contributed by atoms with Gasteiger partial charge >= 0.3 is 6.18 Å². The number of alkyl halides is 3. The second-order valence-corrected chi connectivity index (χ2v) is 6.78. The van der Waals surface area contributed by atoms with Crippen LogP contribution in [-0.2, 0) is 19.0 Å². The van der Waals surface area contributed by atoms with E-state index in [4.69, 9.17) is 5.73 Å². The first-order valence-electron chi connectivity index (χ1n) is 9.00. The molecule has 148 valence electrons. The lowest BCUT2D eigenvalue weighted by atomic mass is 10.0. The van der Waals surface area contributed by atoms with Crippen molar-refractivity contribution in [1.29, 1.82) is 0 Å². The molecule has 0 saturated carbocycles. The molecule has 0 radical (unpaired) electrons. The van der Waals surface area contributed by atoms with Crippen molar-refractivity contribution in [3.05, 3.63) is 82.8 Å². The summed E-state index contributed by atoms with van der Waals surface area (Å²) in [7, 11) is 0. The van der Waals surface area contributed by atoms with Crippen molar-refractivity contribution in [2.75, 3.05) is 11.4 Å². The van der Waals surface area contributed by atoms with Crippen LogP contribution < -0.4 is 10.6 Å². The fourth-order valence-corrected chi connectivity index (χ4v) is 3.57. The van der Waals surface area contributed by atoms with Gasteiger partial charge in [0.25, 0.3) is 0 Å². The Morgan fingerprint density at radius 1 is 1.14 bits per heavy atom. The maximum atomic E-state index is 12.9. The van der Waals surface area contributed by atoms with Crippen LogP contribution in [0.4, 0.5) is 24.7 Å². The van der Waals surface area contributed by atoms with Crippen LogP contribution in [0.25, 0.3) is 0 Å². The Hall–Kier alpha value is -3.42. The van der Waals surface area contributed by atoms with E-state index in [0.717, 1.165) is 22.9 Å². The van der Waals surface area contributed by atoms with E-state index in [2.05, 4.69) is 9.97 Å². The third kappa shape index (κ3) is 3.78. The van der Waals surface area contributed by atoms with E-state index in [0.29, 0.717) is 30.0 Å². The number of primary amides is 1. The monoisotopic (exact) mass is 398 g/mol. The molecule has 4 rings (SSSR count). The van der Waals surface area contributed by atoms with Crippen LogP contribution in [0, 0.1) is 0 Å². The highest BCUT2D eigenvalue weighted by molar-refractivity contribution is 5.96. The number of halogens is 3. The maximum Gasteiger partial charge on any atom is 0.433 e. The van der Waals surface area contributed by atoms with Crippen molar-refractivity contribution in [3.8, 4) is 0 Å². The normalized spacial score (nSPS) is 13.4. The third-order valence-corrected chi connectivity index (χ3v) is 4.86. The molecule has 0 fully saturated rings. The number of hydrogen-bond acceptors (Lipinski definition) is 4. The number of rotatable bonds is 4. The average molecular weight is 398 g/mol. The zero-order valence-corrected chi connectivity index (χ0v) is 15.3. The highest BCUT2D eigenvalue weighted by Gasteiger charge is 2.32. The zero-order valence-electron chi connectivity index (χ0n) is 15.3. The van der Waals surface area contributed by atoms with E-state index in [-0.39, 0.29) is 6.42 Å². The average Bonchev–Trinajstić information content (AvgIpc) is 3.12. The van der Waals surface area contributed by atoms with Crippen LogP contribution in [0.5, 0.6) is 0 Å². The fraction of sp³-hybridized carbons (Fsp3) is 0.190. The predicted molar refractivity (Wildman–Crippen MR) is 102 cm³/mol. The number of carbonyl (C=O) groups excluding carboxylic acids is 1. The van der Waals surface area contributed by atoms with E-state index >= 15 is 0 Å². The topological polar surface area (TPSA) is 72.1 Å². The van der Waals surface area contributed by atoms with Gasteiger partial charge in [-0.25, -0.2) is 9.97 Å². The van der Waals surface area contributed by atoms with Crippen LogP contribution in [-0.4, -0.2) is 22.4 Å². The van der Waals surface area contributed by atoms with Gasteiger partial charge in [-0.15, -0.1) is 0 Å². The number of amides is 1. The Bertz CT molecular complexity index is 1080. The second kappa shape index (κ2) is 7.20. The Morgan fingerprint density at radius 2 is 1.93 bits per heavy atom. The fourth-order valence-electron chi connectivity index (χ4n) is 3.57. The lowest BCUT2D eigenvalue weighted by molar-refractivity contribution is -0.141. The number of fused-ring (bicyclic) bond motifs is 1. The minimum atomic E-state index is -4.48. The number of nitrogens with zero attached hydrogens (tertiary/aromatic N) is 3. The molecule has 0 bridgehead atoms. The molecule has 0 aliphatic carbocycles. The van der Waals surface area contributed by atoms with E-state index in [1.165, 1.54) is 6.07 Å². The molecule has 1 amide bonds. The Labute approximate surface area is 165 Å². The molecule has 1 aromatic carbocycles. The second-order valence-electron chi connectivity index (χ2n) is 6.78. The van der Waals surface area contributed by atoms with Crippen LogP contribution >= 0.6 is 0 Å². The smallest absolute Gasteiger partial charge is 0.366 e. The number of hydrogen-bond donors (Lipinski definition) is 1. The number of carbonyl (C=O) groups is 1. The summed E-state index contributed by atoms with van der Waals surface area (Å²) in [5.41, 5.74) is 7.92.